The van der Waals surface area contributed by atoms with Crippen molar-refractivity contribution in [3.05, 3.63) is 42.0 Å². The molecule has 2 aromatic rings. The van der Waals surface area contributed by atoms with Crippen molar-refractivity contribution in [2.45, 2.75) is 58.4 Å². The van der Waals surface area contributed by atoms with Crippen LogP contribution in [0.15, 0.2) is 35.7 Å². The van der Waals surface area contributed by atoms with E-state index in [1.807, 2.05) is 6.07 Å². The predicted molar refractivity (Wildman–Crippen MR) is 136 cm³/mol. The van der Waals surface area contributed by atoms with E-state index in [2.05, 4.69) is 53.9 Å². The Hall–Kier alpha value is -2.36. The van der Waals surface area contributed by atoms with Gasteiger partial charge in [-0.3, -0.25) is 0 Å². The molecule has 0 unspecified atom stereocenters. The maximum absolute atomic E-state index is 15.3. The van der Waals surface area contributed by atoms with Gasteiger partial charge in [-0.25, -0.2) is 14.4 Å². The molecule has 1 aliphatic heterocycles. The molecule has 1 aromatic heterocycles. The van der Waals surface area contributed by atoms with Gasteiger partial charge in [0.15, 0.2) is 8.32 Å². The zero-order valence-electron chi connectivity index (χ0n) is 21.2. The van der Waals surface area contributed by atoms with E-state index in [1.54, 1.807) is 31.6 Å². The molecule has 34 heavy (non-hydrogen) atoms. The Kier molecular flexibility index (Phi) is 8.78. The Morgan fingerprint density at radius 2 is 1.76 bits per heavy atom. The average molecular weight is 489 g/mol. The molecule has 2 heterocycles. The normalized spacial score (nSPS) is 14.9. The smallest absolute Gasteiger partial charge is 0.225 e. The van der Waals surface area contributed by atoms with Gasteiger partial charge in [0.1, 0.15) is 12.4 Å². The lowest BCUT2D eigenvalue weighted by molar-refractivity contribution is 0.0743. The molecule has 1 aromatic carbocycles. The first-order chi connectivity index (χ1) is 16.1. The number of ether oxygens (including phenoxy) is 1. The summed E-state index contributed by atoms with van der Waals surface area (Å²) in [5.41, 5.74) is 2.73. The summed E-state index contributed by atoms with van der Waals surface area (Å²) in [4.78, 5) is 16.4. The highest BCUT2D eigenvalue weighted by Gasteiger charge is 2.37. The predicted octanol–water partition coefficient (Wildman–Crippen LogP) is 5.42. The molecule has 1 fully saturated rings. The van der Waals surface area contributed by atoms with E-state index in [9.17, 15) is 0 Å². The Balaban J connectivity index is 1.63. The highest BCUT2D eigenvalue weighted by atomic mass is 28.4. The molecule has 1 saturated heterocycles. The molecule has 7 nitrogen and oxygen atoms in total. The zero-order valence-corrected chi connectivity index (χ0v) is 22.2. The van der Waals surface area contributed by atoms with Gasteiger partial charge in [-0.05, 0) is 18.1 Å². The molecular weight excluding hydrogens is 451 g/mol. The van der Waals surface area contributed by atoms with Crippen LogP contribution in [0, 0.1) is 5.82 Å². The molecule has 0 radical (unpaired) electrons. The van der Waals surface area contributed by atoms with E-state index in [0.29, 0.717) is 35.9 Å². The molecule has 0 bridgehead atoms. The third kappa shape index (κ3) is 6.61. The Labute approximate surface area is 203 Å². The summed E-state index contributed by atoms with van der Waals surface area (Å²) in [5.74, 6) is 0.366. The molecular formula is C25H37FN4O3Si. The number of piperidine rings is 1. The largest absolute Gasteiger partial charge is 0.412 e. The molecule has 0 aliphatic carbocycles. The molecule has 186 valence electrons. The summed E-state index contributed by atoms with van der Waals surface area (Å²) in [7, 11) is -0.334. The van der Waals surface area contributed by atoms with E-state index in [-0.39, 0.29) is 17.5 Å². The van der Waals surface area contributed by atoms with E-state index in [0.717, 1.165) is 31.6 Å². The second-order valence-electron chi connectivity index (χ2n) is 10.1. The fraction of sp³-hybridized carbons (Fsp3) is 0.560. The summed E-state index contributed by atoms with van der Waals surface area (Å²) in [5, 5.41) is 4.26. The fourth-order valence-electron chi connectivity index (χ4n) is 3.33. The van der Waals surface area contributed by atoms with Crippen LogP contribution in [0.4, 0.5) is 10.3 Å². The quantitative estimate of drug-likeness (QED) is 0.267. The minimum Gasteiger partial charge on any atom is -0.412 e. The van der Waals surface area contributed by atoms with Crippen molar-refractivity contribution in [3.8, 4) is 11.1 Å². The summed E-state index contributed by atoms with van der Waals surface area (Å²) in [6.07, 6.45) is 4.97. The summed E-state index contributed by atoms with van der Waals surface area (Å²) in [6.45, 7) is 13.6. The van der Waals surface area contributed by atoms with Crippen LogP contribution < -0.4 is 4.90 Å². The van der Waals surface area contributed by atoms with Crippen LogP contribution in [0.3, 0.4) is 0 Å². The van der Waals surface area contributed by atoms with Gasteiger partial charge in [-0.1, -0.05) is 44.1 Å². The van der Waals surface area contributed by atoms with Crippen LogP contribution >= 0.6 is 0 Å². The first kappa shape index (κ1) is 26.2. The number of hydrogen-bond donors (Lipinski definition) is 0. The number of hydrogen-bond acceptors (Lipinski definition) is 7. The lowest BCUT2D eigenvalue weighted by Gasteiger charge is -2.36. The first-order valence-corrected chi connectivity index (χ1v) is 14.7. The number of anilines is 1. The number of rotatable bonds is 9. The van der Waals surface area contributed by atoms with Crippen LogP contribution in [0.2, 0.25) is 18.1 Å². The number of aromatic nitrogens is 2. The molecule has 0 N–H and O–H groups in total. The van der Waals surface area contributed by atoms with Crippen LogP contribution in [0.1, 0.15) is 39.2 Å². The van der Waals surface area contributed by atoms with E-state index < -0.39 is 8.32 Å². The number of benzene rings is 1. The summed E-state index contributed by atoms with van der Waals surface area (Å²) >= 11 is 0. The molecule has 0 saturated carbocycles. The zero-order chi connectivity index (χ0) is 24.8. The van der Waals surface area contributed by atoms with Crippen LogP contribution in [-0.4, -0.2) is 57.4 Å². The Morgan fingerprint density at radius 1 is 1.09 bits per heavy atom. The average Bonchev–Trinajstić information content (AvgIpc) is 2.81. The van der Waals surface area contributed by atoms with Gasteiger partial charge in [0.25, 0.3) is 0 Å². The minimum atomic E-state index is -1.97. The van der Waals surface area contributed by atoms with E-state index in [1.165, 1.54) is 0 Å². The Bertz CT molecular complexity index is 967. The topological polar surface area (TPSA) is 69.1 Å². The van der Waals surface area contributed by atoms with Gasteiger partial charge < -0.3 is 18.9 Å². The van der Waals surface area contributed by atoms with Crippen LogP contribution in [0.25, 0.3) is 11.1 Å². The van der Waals surface area contributed by atoms with Gasteiger partial charge in [-0.2, -0.15) is 0 Å². The number of oxime groups is 1. The van der Waals surface area contributed by atoms with Crippen molar-refractivity contribution < 1.29 is 18.4 Å². The maximum atomic E-state index is 15.3. The number of halogens is 1. The fourth-order valence-corrected chi connectivity index (χ4v) is 4.28. The van der Waals surface area contributed by atoms with Crippen molar-refractivity contribution >= 4 is 20.0 Å². The molecule has 3 rings (SSSR count). The van der Waals surface area contributed by atoms with Crippen LogP contribution in [0.5, 0.6) is 0 Å². The van der Waals surface area contributed by atoms with Gasteiger partial charge in [-0.15, -0.1) is 0 Å². The molecule has 0 spiro atoms. The minimum absolute atomic E-state index is 0.0723. The van der Waals surface area contributed by atoms with Gasteiger partial charge in [0.05, 0.1) is 18.9 Å². The van der Waals surface area contributed by atoms with E-state index >= 15 is 4.39 Å². The van der Waals surface area contributed by atoms with Crippen molar-refractivity contribution in [1.29, 1.82) is 0 Å². The van der Waals surface area contributed by atoms with Crippen LogP contribution in [-0.2, 0) is 20.6 Å². The highest BCUT2D eigenvalue weighted by Crippen LogP contribution is 2.37. The van der Waals surface area contributed by atoms with E-state index in [4.69, 9.17) is 14.0 Å². The number of nitrogens with zero attached hydrogens (tertiary/aromatic N) is 4. The summed E-state index contributed by atoms with van der Waals surface area (Å²) < 4.78 is 26.5. The monoisotopic (exact) mass is 488 g/mol. The Morgan fingerprint density at radius 3 is 2.38 bits per heavy atom. The molecule has 0 amide bonds. The first-order valence-electron chi connectivity index (χ1n) is 11.8. The third-order valence-electron chi connectivity index (χ3n) is 6.62. The standard InChI is InChI=1S/C25H37FN4O3Si/c1-25(2,3)34(5,6)33-18-19-8-7-9-22(23(19)26)20-16-27-24(28-17-20)30-12-10-21(11-13-30)29-32-15-14-31-4/h7-9,16-17H,10-15,18H2,1-6H3. The maximum Gasteiger partial charge on any atom is 0.225 e. The SMILES string of the molecule is COCCON=C1CCN(c2ncc(-c3cccc(CO[Si](C)(C)C(C)(C)C)c3F)cn2)CC1. The number of methoxy groups -OCH3 is 1. The highest BCUT2D eigenvalue weighted by molar-refractivity contribution is 6.74. The molecule has 1 aliphatic rings. The summed E-state index contributed by atoms with van der Waals surface area (Å²) in [6, 6.07) is 5.40. The molecule has 0 atom stereocenters. The van der Waals surface area contributed by atoms with Gasteiger partial charge in [0, 0.05) is 62.1 Å². The van der Waals surface area contributed by atoms with Crippen molar-refractivity contribution in [3.63, 3.8) is 0 Å². The lowest BCUT2D eigenvalue weighted by atomic mass is 10.1. The van der Waals surface area contributed by atoms with Crippen molar-refractivity contribution in [2.75, 3.05) is 38.3 Å². The second-order valence-corrected chi connectivity index (χ2v) is 14.9. The third-order valence-corrected chi connectivity index (χ3v) is 11.1. The van der Waals surface area contributed by atoms with Gasteiger partial charge in [0.2, 0.25) is 5.95 Å². The lowest BCUT2D eigenvalue weighted by Crippen LogP contribution is -2.40. The molecule has 9 heteroatoms. The van der Waals surface area contributed by atoms with Gasteiger partial charge >= 0.3 is 0 Å². The second kappa shape index (κ2) is 11.4. The van der Waals surface area contributed by atoms with Crippen molar-refractivity contribution in [1.82, 2.24) is 9.97 Å². The van der Waals surface area contributed by atoms with Crippen molar-refractivity contribution in [2.24, 2.45) is 5.16 Å².